The maximum atomic E-state index is 12.2. The highest BCUT2D eigenvalue weighted by molar-refractivity contribution is 6.02. The van der Waals surface area contributed by atoms with Gasteiger partial charge in [0.1, 0.15) is 5.75 Å². The van der Waals surface area contributed by atoms with Gasteiger partial charge in [-0.1, -0.05) is 0 Å². The molecule has 2 aromatic carbocycles. The molecule has 0 spiro atoms. The molecule has 28 heavy (non-hydrogen) atoms. The van der Waals surface area contributed by atoms with E-state index in [2.05, 4.69) is 5.32 Å². The lowest BCUT2D eigenvalue weighted by molar-refractivity contribution is -0.121. The molecule has 0 bridgehead atoms. The summed E-state index contributed by atoms with van der Waals surface area (Å²) < 4.78 is 5.38. The van der Waals surface area contributed by atoms with Crippen LogP contribution in [-0.2, 0) is 9.59 Å². The smallest absolute Gasteiger partial charge is 0.335 e. The lowest BCUT2D eigenvalue weighted by atomic mass is 10.1. The number of aromatic carboxylic acids is 1. The number of amides is 2. The van der Waals surface area contributed by atoms with Gasteiger partial charge in [0.25, 0.3) is 5.91 Å². The number of carboxylic acid groups (broad SMARTS) is 1. The van der Waals surface area contributed by atoms with Crippen molar-refractivity contribution >= 4 is 34.9 Å². The lowest BCUT2D eigenvalue weighted by Gasteiger charge is -2.29. The van der Waals surface area contributed by atoms with Crippen LogP contribution < -0.4 is 15.0 Å². The van der Waals surface area contributed by atoms with Gasteiger partial charge in [0.05, 0.1) is 11.3 Å². The molecule has 1 aliphatic rings. The molecule has 0 atom stereocenters. The van der Waals surface area contributed by atoms with E-state index in [1.807, 2.05) is 0 Å². The van der Waals surface area contributed by atoms with Crippen molar-refractivity contribution in [3.63, 3.8) is 0 Å². The van der Waals surface area contributed by atoms with Crippen LogP contribution in [0.4, 0.5) is 11.4 Å². The van der Waals surface area contributed by atoms with Crippen LogP contribution in [0.5, 0.6) is 5.75 Å². The van der Waals surface area contributed by atoms with Crippen LogP contribution in [0.3, 0.4) is 0 Å². The predicted octanol–water partition coefficient (Wildman–Crippen LogP) is 2.34. The molecule has 0 aromatic heterocycles. The van der Waals surface area contributed by atoms with Crippen LogP contribution in [0.25, 0.3) is 0 Å². The number of nitrogens with one attached hydrogen (secondary N) is 1. The first-order valence-corrected chi connectivity index (χ1v) is 8.56. The fourth-order valence-corrected chi connectivity index (χ4v) is 2.80. The van der Waals surface area contributed by atoms with Gasteiger partial charge in [-0.15, -0.1) is 0 Å². The number of carbonyl (C=O) groups is 4. The highest BCUT2D eigenvalue weighted by Crippen LogP contribution is 2.33. The first kappa shape index (κ1) is 19.1. The Hall–Kier alpha value is -3.68. The van der Waals surface area contributed by atoms with Crippen molar-refractivity contribution in [1.82, 2.24) is 0 Å². The van der Waals surface area contributed by atoms with Gasteiger partial charge in [0.15, 0.2) is 12.4 Å². The number of Topliss-reactive ketones (excluding diaryl/α,β-unsaturated/α-hetero) is 1. The number of carboxylic acids is 1. The summed E-state index contributed by atoms with van der Waals surface area (Å²) in [4.78, 5) is 48.3. The molecular weight excluding hydrogens is 364 g/mol. The Morgan fingerprint density at radius 3 is 2.43 bits per heavy atom. The second kappa shape index (κ2) is 7.91. The van der Waals surface area contributed by atoms with Crippen LogP contribution in [0.1, 0.15) is 34.1 Å². The number of anilines is 2. The van der Waals surface area contributed by atoms with Gasteiger partial charge >= 0.3 is 5.97 Å². The molecule has 8 heteroatoms. The van der Waals surface area contributed by atoms with Gasteiger partial charge in [0.2, 0.25) is 5.91 Å². The van der Waals surface area contributed by atoms with Crippen LogP contribution >= 0.6 is 0 Å². The topological polar surface area (TPSA) is 113 Å². The summed E-state index contributed by atoms with van der Waals surface area (Å²) in [6, 6.07) is 10.6. The maximum absolute atomic E-state index is 12.2. The summed E-state index contributed by atoms with van der Waals surface area (Å²) in [5.74, 6) is -1.33. The molecule has 0 aliphatic carbocycles. The zero-order chi connectivity index (χ0) is 20.3. The van der Waals surface area contributed by atoms with Crippen LogP contribution in [0.2, 0.25) is 0 Å². The van der Waals surface area contributed by atoms with Crippen LogP contribution in [-0.4, -0.2) is 41.8 Å². The molecular formula is C20H18N2O6. The molecule has 2 amide bonds. The Bertz CT molecular complexity index is 952. The standard InChI is InChI=1S/C20H18N2O6/c1-12(23)14-4-7-17-16(10-14)22(19(25)11-28-17)9-8-18(24)21-15-5-2-13(3-6-15)20(26)27/h2-7,10H,8-9,11H2,1H3,(H,21,24)(H,26,27). The molecule has 1 aliphatic heterocycles. The quantitative estimate of drug-likeness (QED) is 0.742. The number of benzene rings is 2. The number of ether oxygens (including phenoxy) is 1. The summed E-state index contributed by atoms with van der Waals surface area (Å²) in [6.07, 6.45) is 0.0240. The first-order valence-electron chi connectivity index (χ1n) is 8.56. The fourth-order valence-electron chi connectivity index (χ4n) is 2.80. The number of ketones is 1. The van der Waals surface area contributed by atoms with Gasteiger partial charge in [-0.25, -0.2) is 4.79 Å². The summed E-state index contributed by atoms with van der Waals surface area (Å²) >= 11 is 0. The first-order chi connectivity index (χ1) is 13.3. The van der Waals surface area contributed by atoms with Gasteiger partial charge < -0.3 is 20.1 Å². The Kier molecular flexibility index (Phi) is 5.39. The van der Waals surface area contributed by atoms with Gasteiger partial charge in [-0.3, -0.25) is 14.4 Å². The Morgan fingerprint density at radius 1 is 1.11 bits per heavy atom. The fraction of sp³-hybridized carbons (Fsp3) is 0.200. The number of rotatable bonds is 6. The van der Waals surface area contributed by atoms with E-state index < -0.39 is 5.97 Å². The van der Waals surface area contributed by atoms with E-state index in [1.54, 1.807) is 18.2 Å². The van der Waals surface area contributed by atoms with Gasteiger partial charge in [0, 0.05) is 24.2 Å². The molecule has 3 rings (SSSR count). The predicted molar refractivity (Wildman–Crippen MR) is 101 cm³/mol. The van der Waals surface area contributed by atoms with Crippen molar-refractivity contribution in [3.8, 4) is 5.75 Å². The monoisotopic (exact) mass is 382 g/mol. The normalized spacial score (nSPS) is 12.8. The number of fused-ring (bicyclic) bond motifs is 1. The van der Waals surface area contributed by atoms with E-state index in [-0.39, 0.29) is 42.7 Å². The van der Waals surface area contributed by atoms with Gasteiger partial charge in [-0.05, 0) is 49.4 Å². The highest BCUT2D eigenvalue weighted by atomic mass is 16.5. The van der Waals surface area contributed by atoms with Gasteiger partial charge in [-0.2, -0.15) is 0 Å². The molecule has 0 unspecified atom stereocenters. The number of hydrogen-bond donors (Lipinski definition) is 2. The van der Waals surface area contributed by atoms with E-state index in [4.69, 9.17) is 9.84 Å². The Labute approximate surface area is 160 Å². The molecule has 8 nitrogen and oxygen atoms in total. The largest absolute Gasteiger partial charge is 0.482 e. The SMILES string of the molecule is CC(=O)c1ccc2c(c1)N(CCC(=O)Nc1ccc(C(=O)O)cc1)C(=O)CO2. The van der Waals surface area contributed by atoms with Crippen molar-refractivity contribution in [2.24, 2.45) is 0 Å². The average molecular weight is 382 g/mol. The summed E-state index contributed by atoms with van der Waals surface area (Å²) in [6.45, 7) is 1.42. The van der Waals surface area contributed by atoms with E-state index >= 15 is 0 Å². The summed E-state index contributed by atoms with van der Waals surface area (Å²) in [5, 5.41) is 11.5. The van der Waals surface area contributed by atoms with Crippen LogP contribution in [0, 0.1) is 0 Å². The summed E-state index contributed by atoms with van der Waals surface area (Å²) in [5.41, 5.74) is 1.49. The van der Waals surface area contributed by atoms with E-state index in [0.717, 1.165) is 0 Å². The minimum Gasteiger partial charge on any atom is -0.482 e. The molecule has 1 heterocycles. The zero-order valence-electron chi connectivity index (χ0n) is 15.1. The minimum atomic E-state index is -1.05. The third-order valence-corrected chi connectivity index (χ3v) is 4.29. The molecule has 0 saturated heterocycles. The van der Waals surface area contributed by atoms with E-state index in [0.29, 0.717) is 22.7 Å². The maximum Gasteiger partial charge on any atom is 0.335 e. The minimum absolute atomic E-state index is 0.0240. The second-order valence-electron chi connectivity index (χ2n) is 6.25. The van der Waals surface area contributed by atoms with Crippen LogP contribution in [0.15, 0.2) is 42.5 Å². The lowest BCUT2D eigenvalue weighted by Crippen LogP contribution is -2.40. The zero-order valence-corrected chi connectivity index (χ0v) is 15.1. The molecule has 144 valence electrons. The highest BCUT2D eigenvalue weighted by Gasteiger charge is 2.26. The van der Waals surface area contributed by atoms with Crippen molar-refractivity contribution in [2.45, 2.75) is 13.3 Å². The van der Waals surface area contributed by atoms with E-state index in [1.165, 1.54) is 36.1 Å². The van der Waals surface area contributed by atoms with Crippen molar-refractivity contribution in [1.29, 1.82) is 0 Å². The molecule has 2 aromatic rings. The number of nitrogens with zero attached hydrogens (tertiary/aromatic N) is 1. The second-order valence-corrected chi connectivity index (χ2v) is 6.25. The Morgan fingerprint density at radius 2 is 1.79 bits per heavy atom. The van der Waals surface area contributed by atoms with E-state index in [9.17, 15) is 19.2 Å². The third-order valence-electron chi connectivity index (χ3n) is 4.29. The summed E-state index contributed by atoms with van der Waals surface area (Å²) in [7, 11) is 0. The third kappa shape index (κ3) is 4.17. The van der Waals surface area contributed by atoms with Crippen molar-refractivity contribution < 1.29 is 29.0 Å². The molecule has 0 fully saturated rings. The molecule has 2 N–H and O–H groups in total. The average Bonchev–Trinajstić information content (AvgIpc) is 2.67. The molecule has 0 radical (unpaired) electrons. The number of hydrogen-bond acceptors (Lipinski definition) is 5. The molecule has 0 saturated carbocycles. The van der Waals surface area contributed by atoms with Crippen molar-refractivity contribution in [2.75, 3.05) is 23.4 Å². The number of carbonyl (C=O) groups excluding carboxylic acids is 3. The Balaban J connectivity index is 1.67. The van der Waals surface area contributed by atoms with Crippen molar-refractivity contribution in [3.05, 3.63) is 53.6 Å².